The zero-order valence-corrected chi connectivity index (χ0v) is 4.43. The first-order chi connectivity index (χ1) is 3.43. The molecule has 0 saturated carbocycles. The Morgan fingerprint density at radius 1 is 1.57 bits per heavy atom. The summed E-state index contributed by atoms with van der Waals surface area (Å²) in [6.45, 7) is 4.17. The van der Waals surface area contributed by atoms with E-state index in [1.165, 1.54) is 0 Å². The molecular weight excluding hydrogens is 88.1 g/mol. The van der Waals surface area contributed by atoms with Crippen LogP contribution in [0.4, 0.5) is 0 Å². The van der Waals surface area contributed by atoms with E-state index in [0.717, 1.165) is 26.2 Å². The number of hydrogen-bond acceptors (Lipinski definition) is 2. The normalized spacial score (nSPS) is 21.9. The van der Waals surface area contributed by atoms with Gasteiger partial charge in [-0.3, -0.25) is 0 Å². The van der Waals surface area contributed by atoms with E-state index in [-0.39, 0.29) is 0 Å². The van der Waals surface area contributed by atoms with Crippen molar-refractivity contribution < 1.29 is 0 Å². The first-order valence-electron chi connectivity index (χ1n) is 2.67. The highest BCUT2D eigenvalue weighted by molar-refractivity contribution is 4.85. The molecule has 0 unspecified atom stereocenters. The molecule has 2 N–H and O–H groups in total. The van der Waals surface area contributed by atoms with E-state index in [0.29, 0.717) is 0 Å². The standard InChI is InChI=1S/C5H11N2/c6-2-5-7-3-1-4-7/h1H,2-6H2. The molecule has 0 aromatic carbocycles. The summed E-state index contributed by atoms with van der Waals surface area (Å²) in [4.78, 5) is 2.31. The number of rotatable bonds is 2. The van der Waals surface area contributed by atoms with Crippen LogP contribution in [0, 0.1) is 6.42 Å². The summed E-state index contributed by atoms with van der Waals surface area (Å²) in [5.74, 6) is 0. The monoisotopic (exact) mass is 99.1 g/mol. The minimum Gasteiger partial charge on any atom is -0.329 e. The molecule has 41 valence electrons. The Morgan fingerprint density at radius 3 is 2.43 bits per heavy atom. The number of nitrogens with two attached hydrogens (primary N) is 1. The van der Waals surface area contributed by atoms with E-state index in [1.54, 1.807) is 0 Å². The predicted molar refractivity (Wildman–Crippen MR) is 29.8 cm³/mol. The van der Waals surface area contributed by atoms with Gasteiger partial charge in [0.1, 0.15) is 0 Å². The van der Waals surface area contributed by atoms with Gasteiger partial charge in [-0.2, -0.15) is 0 Å². The third kappa shape index (κ3) is 1.14. The molecular formula is C5H11N2. The molecule has 0 atom stereocenters. The van der Waals surface area contributed by atoms with Crippen molar-refractivity contribution in [2.75, 3.05) is 26.2 Å². The van der Waals surface area contributed by atoms with Crippen molar-refractivity contribution in [1.29, 1.82) is 0 Å². The molecule has 0 amide bonds. The van der Waals surface area contributed by atoms with Gasteiger partial charge >= 0.3 is 0 Å². The van der Waals surface area contributed by atoms with E-state index in [2.05, 4.69) is 11.3 Å². The second-order valence-electron chi connectivity index (χ2n) is 1.84. The molecule has 1 radical (unpaired) electrons. The van der Waals surface area contributed by atoms with Crippen LogP contribution in [0.25, 0.3) is 0 Å². The van der Waals surface area contributed by atoms with Crippen molar-refractivity contribution in [3.8, 4) is 0 Å². The zero-order valence-electron chi connectivity index (χ0n) is 4.43. The van der Waals surface area contributed by atoms with Crippen LogP contribution in [0.3, 0.4) is 0 Å². The van der Waals surface area contributed by atoms with Crippen LogP contribution in [0.15, 0.2) is 0 Å². The van der Waals surface area contributed by atoms with Crippen LogP contribution in [0.1, 0.15) is 0 Å². The average Bonchev–Trinajstić information content (AvgIpc) is 1.55. The summed E-state index contributed by atoms with van der Waals surface area (Å²) in [7, 11) is 0. The Morgan fingerprint density at radius 2 is 2.29 bits per heavy atom. The quantitative estimate of drug-likeness (QED) is 0.504. The van der Waals surface area contributed by atoms with Crippen molar-refractivity contribution in [3.05, 3.63) is 6.42 Å². The van der Waals surface area contributed by atoms with Gasteiger partial charge in [0, 0.05) is 26.2 Å². The summed E-state index contributed by atoms with van der Waals surface area (Å²) in [6, 6.07) is 0. The Hall–Kier alpha value is -0.0800. The number of likely N-dealkylation sites (tertiary alicyclic amines) is 1. The lowest BCUT2D eigenvalue weighted by molar-refractivity contribution is 0.251. The zero-order chi connectivity index (χ0) is 5.11. The van der Waals surface area contributed by atoms with Crippen molar-refractivity contribution in [3.63, 3.8) is 0 Å². The maximum absolute atomic E-state index is 5.28. The van der Waals surface area contributed by atoms with Crippen molar-refractivity contribution in [2.45, 2.75) is 0 Å². The highest BCUT2D eigenvalue weighted by Gasteiger charge is 2.10. The minimum absolute atomic E-state index is 0.799. The molecule has 1 fully saturated rings. The van der Waals surface area contributed by atoms with Crippen molar-refractivity contribution in [2.24, 2.45) is 5.73 Å². The van der Waals surface area contributed by atoms with Gasteiger partial charge in [0.25, 0.3) is 0 Å². The molecule has 0 spiro atoms. The number of nitrogens with zero attached hydrogens (tertiary/aromatic N) is 1. The Labute approximate surface area is 44.3 Å². The molecule has 0 aliphatic carbocycles. The van der Waals surface area contributed by atoms with E-state index in [4.69, 9.17) is 5.73 Å². The van der Waals surface area contributed by atoms with Crippen molar-refractivity contribution in [1.82, 2.24) is 4.90 Å². The maximum atomic E-state index is 5.28. The van der Waals surface area contributed by atoms with E-state index in [1.807, 2.05) is 0 Å². The summed E-state index contributed by atoms with van der Waals surface area (Å²) in [5.41, 5.74) is 5.28. The molecule has 0 aromatic heterocycles. The molecule has 1 aliphatic heterocycles. The average molecular weight is 99.2 g/mol. The van der Waals surface area contributed by atoms with Gasteiger partial charge in [0.15, 0.2) is 0 Å². The van der Waals surface area contributed by atoms with Gasteiger partial charge in [0.05, 0.1) is 0 Å². The third-order valence-electron chi connectivity index (χ3n) is 1.22. The second-order valence-corrected chi connectivity index (χ2v) is 1.84. The lowest BCUT2D eigenvalue weighted by Crippen LogP contribution is -2.40. The Balaban J connectivity index is 1.93. The summed E-state index contributed by atoms with van der Waals surface area (Å²) < 4.78 is 0. The molecule has 1 rings (SSSR count). The van der Waals surface area contributed by atoms with E-state index in [9.17, 15) is 0 Å². The third-order valence-corrected chi connectivity index (χ3v) is 1.22. The highest BCUT2D eigenvalue weighted by Crippen LogP contribution is 2.00. The van der Waals surface area contributed by atoms with Crippen LogP contribution in [0.5, 0.6) is 0 Å². The second kappa shape index (κ2) is 2.28. The Bertz CT molecular complexity index is 50.0. The first-order valence-corrected chi connectivity index (χ1v) is 2.67. The topological polar surface area (TPSA) is 29.3 Å². The van der Waals surface area contributed by atoms with Crippen LogP contribution < -0.4 is 5.73 Å². The fourth-order valence-electron chi connectivity index (χ4n) is 0.677. The molecule has 1 aliphatic rings. The molecule has 1 heterocycles. The van der Waals surface area contributed by atoms with Gasteiger partial charge in [-0.05, 0) is 6.42 Å². The molecule has 1 saturated heterocycles. The van der Waals surface area contributed by atoms with Gasteiger partial charge in [0.2, 0.25) is 0 Å². The first kappa shape index (κ1) is 5.06. The largest absolute Gasteiger partial charge is 0.329 e. The van der Waals surface area contributed by atoms with Gasteiger partial charge in [-0.15, -0.1) is 0 Å². The Kier molecular flexibility index (Phi) is 1.65. The predicted octanol–water partition coefficient (Wildman–Crippen LogP) is -0.535. The molecule has 2 nitrogen and oxygen atoms in total. The fourth-order valence-corrected chi connectivity index (χ4v) is 0.677. The van der Waals surface area contributed by atoms with Crippen LogP contribution in [-0.4, -0.2) is 31.1 Å². The van der Waals surface area contributed by atoms with Crippen LogP contribution >= 0.6 is 0 Å². The fraction of sp³-hybridized carbons (Fsp3) is 0.800. The van der Waals surface area contributed by atoms with Gasteiger partial charge in [-0.1, -0.05) is 0 Å². The molecule has 0 aromatic rings. The summed E-state index contributed by atoms with van der Waals surface area (Å²) in [5, 5.41) is 0. The number of hydrogen-bond donors (Lipinski definition) is 1. The summed E-state index contributed by atoms with van der Waals surface area (Å²) in [6.07, 6.45) is 2.25. The lowest BCUT2D eigenvalue weighted by Gasteiger charge is -2.29. The maximum Gasteiger partial charge on any atom is 0.0105 e. The van der Waals surface area contributed by atoms with E-state index >= 15 is 0 Å². The molecule has 7 heavy (non-hydrogen) atoms. The molecule has 0 bridgehead atoms. The lowest BCUT2D eigenvalue weighted by atomic mass is 10.2. The highest BCUT2D eigenvalue weighted by atomic mass is 15.2. The van der Waals surface area contributed by atoms with Crippen LogP contribution in [0.2, 0.25) is 0 Å². The van der Waals surface area contributed by atoms with Gasteiger partial charge in [-0.25, -0.2) is 0 Å². The SMILES string of the molecule is NCCN1C[CH]C1. The van der Waals surface area contributed by atoms with Gasteiger partial charge < -0.3 is 10.6 Å². The molecule has 2 heteroatoms. The van der Waals surface area contributed by atoms with Crippen molar-refractivity contribution >= 4 is 0 Å². The van der Waals surface area contributed by atoms with Crippen LogP contribution in [-0.2, 0) is 0 Å². The smallest absolute Gasteiger partial charge is 0.0105 e. The van der Waals surface area contributed by atoms with E-state index < -0.39 is 0 Å². The summed E-state index contributed by atoms with van der Waals surface area (Å²) >= 11 is 0. The minimum atomic E-state index is 0.799.